The molecule has 1 saturated heterocycles. The van der Waals surface area contributed by atoms with E-state index in [-0.39, 0.29) is 35.2 Å². The Bertz CT molecular complexity index is 2110. The van der Waals surface area contributed by atoms with E-state index in [2.05, 4.69) is 10.3 Å². The molecule has 11 heteroatoms. The SMILES string of the molecule is CC(=O)N(Cc1ccc(CNCC(O)c2ccc(O)c3[nH]c(=O)ccc23)cc1)Cc1ccc(C(=O)N2CCC(C(=O)O)(c3ccccc3)CC2)cc1. The number of phenolic OH excluding ortho intramolecular Hbond substituents is 1. The van der Waals surface area contributed by atoms with Crippen LogP contribution in [0.3, 0.4) is 0 Å². The average molecular weight is 703 g/mol. The zero-order valence-corrected chi connectivity index (χ0v) is 28.9. The van der Waals surface area contributed by atoms with Crippen molar-refractivity contribution in [2.75, 3.05) is 19.6 Å². The molecular formula is C41H42N4O7. The number of H-pyrrole nitrogens is 1. The molecule has 0 spiro atoms. The van der Waals surface area contributed by atoms with Crippen molar-refractivity contribution in [3.05, 3.63) is 147 Å². The first-order chi connectivity index (χ1) is 25.0. The van der Waals surface area contributed by atoms with Gasteiger partial charge in [0, 0.05) is 63.2 Å². The van der Waals surface area contributed by atoms with Gasteiger partial charge in [-0.25, -0.2) is 0 Å². The Kier molecular flexibility index (Phi) is 10.8. The van der Waals surface area contributed by atoms with Crippen molar-refractivity contribution >= 4 is 28.7 Å². The number of nitrogens with zero attached hydrogens (tertiary/aromatic N) is 2. The molecule has 11 nitrogen and oxygen atoms in total. The molecule has 1 aliphatic heterocycles. The Balaban J connectivity index is 1.00. The third kappa shape index (κ3) is 7.91. The van der Waals surface area contributed by atoms with Gasteiger partial charge in [0.2, 0.25) is 11.5 Å². The molecule has 2 heterocycles. The van der Waals surface area contributed by atoms with Crippen LogP contribution in [-0.2, 0) is 34.6 Å². The Labute approximate surface area is 301 Å². The molecule has 6 rings (SSSR count). The first-order valence-corrected chi connectivity index (χ1v) is 17.3. The number of likely N-dealkylation sites (tertiary alicyclic amines) is 1. The minimum absolute atomic E-state index is 0.0600. The molecule has 1 atom stereocenters. The molecule has 0 aliphatic carbocycles. The minimum Gasteiger partial charge on any atom is -0.506 e. The molecule has 1 unspecified atom stereocenters. The van der Waals surface area contributed by atoms with Gasteiger partial charge in [0.25, 0.3) is 5.91 Å². The number of amides is 2. The topological polar surface area (TPSA) is 163 Å². The van der Waals surface area contributed by atoms with Crippen LogP contribution in [0.5, 0.6) is 5.75 Å². The van der Waals surface area contributed by atoms with Crippen LogP contribution in [0.4, 0.5) is 0 Å². The number of aromatic nitrogens is 1. The molecule has 1 aliphatic rings. The summed E-state index contributed by atoms with van der Waals surface area (Å²) >= 11 is 0. The van der Waals surface area contributed by atoms with Crippen molar-refractivity contribution in [1.82, 2.24) is 20.1 Å². The lowest BCUT2D eigenvalue weighted by molar-refractivity contribution is -0.145. The maximum atomic E-state index is 13.3. The number of hydrogen-bond donors (Lipinski definition) is 5. The quantitative estimate of drug-likeness (QED) is 0.123. The summed E-state index contributed by atoms with van der Waals surface area (Å²) in [5.41, 5.74) is 3.64. The summed E-state index contributed by atoms with van der Waals surface area (Å²) in [7, 11) is 0. The van der Waals surface area contributed by atoms with Crippen molar-refractivity contribution < 1.29 is 29.7 Å². The number of aliphatic carboxylic acids is 1. The third-order valence-corrected chi connectivity index (χ3v) is 9.99. The number of phenols is 1. The number of pyridine rings is 1. The summed E-state index contributed by atoms with van der Waals surface area (Å²) in [5.74, 6) is -1.15. The summed E-state index contributed by atoms with van der Waals surface area (Å²) in [6, 6.07) is 30.3. The van der Waals surface area contributed by atoms with Gasteiger partial charge in [-0.2, -0.15) is 0 Å². The van der Waals surface area contributed by atoms with Crippen molar-refractivity contribution in [3.63, 3.8) is 0 Å². The second-order valence-corrected chi connectivity index (χ2v) is 13.4. The number of aromatic amines is 1. The predicted molar refractivity (Wildman–Crippen MR) is 197 cm³/mol. The van der Waals surface area contributed by atoms with Gasteiger partial charge in [0.15, 0.2) is 0 Å². The monoisotopic (exact) mass is 702 g/mol. The summed E-state index contributed by atoms with van der Waals surface area (Å²) in [6.45, 7) is 3.73. The summed E-state index contributed by atoms with van der Waals surface area (Å²) in [5, 5.41) is 34.9. The second kappa shape index (κ2) is 15.6. The standard InChI is InChI=1S/C41H42N4O7/c1-27(46)45(25-29-9-7-28(8-10-29)23-42-24-36(48)33-15-17-35(47)38-34(33)16-18-37(49)43-38)26-30-11-13-31(14-12-30)39(50)44-21-19-41(20-22-44,40(51)52)32-5-3-2-4-6-32/h2-18,36,42,47-48H,19-26H2,1H3,(H,43,49)(H,51,52). The maximum absolute atomic E-state index is 13.3. The number of nitrogens with one attached hydrogen (secondary N) is 2. The van der Waals surface area contributed by atoms with Gasteiger partial charge in [-0.15, -0.1) is 0 Å². The number of benzene rings is 4. The van der Waals surface area contributed by atoms with Crippen LogP contribution in [0.15, 0.2) is 108 Å². The molecule has 4 aromatic carbocycles. The maximum Gasteiger partial charge on any atom is 0.314 e. The van der Waals surface area contributed by atoms with Gasteiger partial charge in [-0.3, -0.25) is 19.2 Å². The molecule has 1 fully saturated rings. The predicted octanol–water partition coefficient (Wildman–Crippen LogP) is 4.86. The van der Waals surface area contributed by atoms with Gasteiger partial charge in [0.05, 0.1) is 17.0 Å². The number of aliphatic hydroxyl groups is 1. The van der Waals surface area contributed by atoms with E-state index in [0.29, 0.717) is 62.1 Å². The fraction of sp³-hybridized carbons (Fsp3) is 0.268. The number of carbonyl (C=O) groups excluding carboxylic acids is 2. The smallest absolute Gasteiger partial charge is 0.314 e. The number of aromatic hydroxyl groups is 1. The van der Waals surface area contributed by atoms with Crippen LogP contribution in [-0.4, -0.2) is 67.5 Å². The molecule has 268 valence electrons. The highest BCUT2D eigenvalue weighted by Gasteiger charge is 2.44. The van der Waals surface area contributed by atoms with Gasteiger partial charge >= 0.3 is 5.97 Å². The first-order valence-electron chi connectivity index (χ1n) is 17.3. The zero-order valence-electron chi connectivity index (χ0n) is 28.9. The zero-order chi connectivity index (χ0) is 36.8. The van der Waals surface area contributed by atoms with Crippen molar-refractivity contribution in [2.24, 2.45) is 0 Å². The van der Waals surface area contributed by atoms with Crippen LogP contribution in [0.2, 0.25) is 0 Å². The van der Waals surface area contributed by atoms with Gasteiger partial charge < -0.3 is 35.4 Å². The highest BCUT2D eigenvalue weighted by atomic mass is 16.4. The summed E-state index contributed by atoms with van der Waals surface area (Å²) in [4.78, 5) is 56.0. The Morgan fingerprint density at radius 2 is 1.46 bits per heavy atom. The Hall–Kier alpha value is -5.78. The molecule has 0 saturated carbocycles. The number of hydrogen-bond acceptors (Lipinski definition) is 7. The van der Waals surface area contributed by atoms with Crippen LogP contribution in [0, 0.1) is 0 Å². The van der Waals surface area contributed by atoms with E-state index in [0.717, 1.165) is 22.3 Å². The molecule has 0 radical (unpaired) electrons. The van der Waals surface area contributed by atoms with E-state index in [4.69, 9.17) is 0 Å². The summed E-state index contributed by atoms with van der Waals surface area (Å²) in [6.07, 6.45) is -0.185. The minimum atomic E-state index is -1.00. The number of carboxylic acids is 1. The van der Waals surface area contributed by atoms with Crippen LogP contribution >= 0.6 is 0 Å². The van der Waals surface area contributed by atoms with Crippen molar-refractivity contribution in [2.45, 2.75) is 50.9 Å². The van der Waals surface area contributed by atoms with Crippen LogP contribution in [0.1, 0.15) is 64.0 Å². The summed E-state index contributed by atoms with van der Waals surface area (Å²) < 4.78 is 0. The third-order valence-electron chi connectivity index (χ3n) is 9.99. The number of aliphatic hydroxyl groups excluding tert-OH is 1. The van der Waals surface area contributed by atoms with E-state index in [9.17, 15) is 34.5 Å². The van der Waals surface area contributed by atoms with Crippen LogP contribution < -0.4 is 10.9 Å². The lowest BCUT2D eigenvalue weighted by Gasteiger charge is -2.39. The second-order valence-electron chi connectivity index (χ2n) is 13.4. The van der Waals surface area contributed by atoms with Crippen molar-refractivity contribution in [3.8, 4) is 5.75 Å². The normalized spacial score (nSPS) is 14.5. The van der Waals surface area contributed by atoms with Gasteiger partial charge in [-0.1, -0.05) is 72.8 Å². The molecule has 2 amide bonds. The lowest BCUT2D eigenvalue weighted by Crippen LogP contribution is -2.49. The van der Waals surface area contributed by atoms with E-state index >= 15 is 0 Å². The molecular weight excluding hydrogens is 660 g/mol. The van der Waals surface area contributed by atoms with Gasteiger partial charge in [-0.05, 0) is 64.9 Å². The highest BCUT2D eigenvalue weighted by Crippen LogP contribution is 2.36. The van der Waals surface area contributed by atoms with E-state index in [1.54, 1.807) is 34.1 Å². The molecule has 1 aromatic heterocycles. The van der Waals surface area contributed by atoms with E-state index < -0.39 is 17.5 Å². The number of rotatable bonds is 12. The average Bonchev–Trinajstić information content (AvgIpc) is 3.15. The lowest BCUT2D eigenvalue weighted by atomic mass is 9.73. The van der Waals surface area contributed by atoms with Gasteiger partial charge in [0.1, 0.15) is 5.75 Å². The Morgan fingerprint density at radius 1 is 0.846 bits per heavy atom. The van der Waals surface area contributed by atoms with E-state index in [1.807, 2.05) is 66.7 Å². The fourth-order valence-corrected chi connectivity index (χ4v) is 6.90. The molecule has 5 N–H and O–H groups in total. The first kappa shape index (κ1) is 36.0. The number of piperidine rings is 1. The number of carbonyl (C=O) groups is 3. The Morgan fingerprint density at radius 3 is 2.08 bits per heavy atom. The molecule has 52 heavy (non-hydrogen) atoms. The largest absolute Gasteiger partial charge is 0.506 e. The molecule has 0 bridgehead atoms. The number of fused-ring (bicyclic) bond motifs is 1. The van der Waals surface area contributed by atoms with Crippen LogP contribution in [0.25, 0.3) is 10.9 Å². The van der Waals surface area contributed by atoms with Crippen molar-refractivity contribution in [1.29, 1.82) is 0 Å². The highest BCUT2D eigenvalue weighted by molar-refractivity contribution is 5.94. The molecule has 5 aromatic rings. The number of carboxylic acid groups (broad SMARTS) is 1. The van der Waals surface area contributed by atoms with E-state index in [1.165, 1.54) is 19.1 Å². The fourth-order valence-electron chi connectivity index (χ4n) is 6.90.